The number of β-amino-alcohol motifs (C(OH)–C–C–N with tert-alkyl or cyclic N) is 1. The molecule has 2 amide bonds. The molecule has 80 heavy (non-hydrogen) atoms. The molecule has 6 aliphatic rings. The van der Waals surface area contributed by atoms with Crippen LogP contribution in [0.25, 0.3) is 21.7 Å². The highest BCUT2D eigenvalue weighted by atomic mass is 32.1. The van der Waals surface area contributed by atoms with Crippen LogP contribution in [0.15, 0.2) is 70.7 Å². The standard InChI is InChI=1S/C61H83N11O7S/c1-39(2)56(60(76)72-36-48(73)31-52(72)59(75)64-40(3)45-9-11-46(12-10-45)57-41(4)63-38-80-57)54-33-55(67-79-54)77-27-17-42-13-20-68(21-14-42)35-44-29-47(30-44)70-22-15-43(16-23-70)34-69-26-28-78-61(37-69)18-24-71(25-19-61)51-32-50(65-66-58(51)62)49-7-5-6-8-53(49)74/h5-12,32-33,38-40,42-44,47-48,52,56,73-74H,13-31,34-37H2,1-4H3,(H2,62,66)(H,64,75)/t40-,44?,47?,48+,52-,56-/m0/s1. The van der Waals surface area contributed by atoms with Crippen LogP contribution in [0.5, 0.6) is 11.6 Å². The molecule has 1 saturated carbocycles. The number of hydrogen-bond acceptors (Lipinski definition) is 17. The summed E-state index contributed by atoms with van der Waals surface area (Å²) in [5, 5.41) is 37.0. The van der Waals surface area contributed by atoms with E-state index in [1.165, 1.54) is 63.1 Å². The molecule has 0 radical (unpaired) electrons. The van der Waals surface area contributed by atoms with Crippen LogP contribution in [0.1, 0.15) is 114 Å². The molecule has 2 aromatic carbocycles. The molecule has 5 aromatic rings. The fourth-order valence-corrected chi connectivity index (χ4v) is 14.6. The number of aliphatic hydroxyl groups is 1. The predicted molar refractivity (Wildman–Crippen MR) is 309 cm³/mol. The average Bonchev–Trinajstić information content (AvgIpc) is 4.21. The predicted octanol–water partition coefficient (Wildman–Crippen LogP) is 7.77. The number of nitrogen functional groups attached to an aromatic ring is 1. The van der Waals surface area contributed by atoms with Crippen molar-refractivity contribution in [1.29, 1.82) is 0 Å². The van der Waals surface area contributed by atoms with Crippen LogP contribution in [-0.2, 0) is 14.3 Å². The SMILES string of the molecule is Cc1ncsc1-c1ccc([C@H](C)NC(=O)[C@@H]2C[C@@H](O)CN2C(=O)[C@H](c2cc(OCCC3CCN(CC4CC(N5CCC(CN6CCOC7(CCN(c8cc(-c9ccccc9O)nnc8N)CC7)C6)CC5)C4)CC3)no2)C(C)C)cc1. The normalized spacial score (nSPS) is 24.3. The molecular formula is C61H83N11O7S. The van der Waals surface area contributed by atoms with Crippen LogP contribution in [0.3, 0.4) is 0 Å². The number of aromatic nitrogens is 4. The minimum absolute atomic E-state index is 0.0754. The van der Waals surface area contributed by atoms with Crippen LogP contribution >= 0.6 is 11.3 Å². The molecule has 5 aliphatic heterocycles. The Hall–Kier alpha value is -5.70. The molecule has 3 aromatic heterocycles. The lowest BCUT2D eigenvalue weighted by atomic mass is 9.77. The lowest BCUT2D eigenvalue weighted by Crippen LogP contribution is -2.58. The first kappa shape index (κ1) is 56.2. The number of benzene rings is 2. The van der Waals surface area contributed by atoms with Gasteiger partial charge in [-0.05, 0) is 156 Å². The van der Waals surface area contributed by atoms with Gasteiger partial charge in [0.05, 0.1) is 58.4 Å². The highest BCUT2D eigenvalue weighted by Crippen LogP contribution is 2.40. The van der Waals surface area contributed by atoms with E-state index < -0.39 is 18.1 Å². The van der Waals surface area contributed by atoms with E-state index in [0.29, 0.717) is 41.2 Å². The summed E-state index contributed by atoms with van der Waals surface area (Å²) in [6.07, 6.45) is 9.71. The Bertz CT molecular complexity index is 2870. The number of morpholine rings is 1. The number of nitrogens with zero attached hydrogens (tertiary/aromatic N) is 9. The second kappa shape index (κ2) is 24.8. The minimum Gasteiger partial charge on any atom is -0.507 e. The number of thiazole rings is 1. The molecule has 5 saturated heterocycles. The van der Waals surface area contributed by atoms with Crippen molar-refractivity contribution >= 4 is 34.7 Å². The number of piperidine rings is 3. The number of phenols is 1. The van der Waals surface area contributed by atoms with Crippen molar-refractivity contribution in [2.75, 3.05) is 95.8 Å². The lowest BCUT2D eigenvalue weighted by molar-refractivity contribution is -0.141. The van der Waals surface area contributed by atoms with Crippen molar-refractivity contribution in [1.82, 2.24) is 45.3 Å². The van der Waals surface area contributed by atoms with Gasteiger partial charge in [0.2, 0.25) is 11.8 Å². The Balaban J connectivity index is 0.564. The fourth-order valence-electron chi connectivity index (χ4n) is 13.8. The Kier molecular flexibility index (Phi) is 17.4. The number of rotatable bonds is 18. The Morgan fingerprint density at radius 2 is 1.62 bits per heavy atom. The summed E-state index contributed by atoms with van der Waals surface area (Å²) >= 11 is 1.60. The second-order valence-electron chi connectivity index (χ2n) is 24.4. The summed E-state index contributed by atoms with van der Waals surface area (Å²) in [7, 11) is 0. The number of carbonyl (C=O) groups is 2. The number of hydrogen-bond donors (Lipinski definition) is 4. The van der Waals surface area contributed by atoms with Crippen LogP contribution in [0.4, 0.5) is 11.5 Å². The number of nitrogens with one attached hydrogen (secondary N) is 1. The van der Waals surface area contributed by atoms with Gasteiger partial charge in [-0.15, -0.1) is 21.5 Å². The molecule has 18 nitrogen and oxygen atoms in total. The van der Waals surface area contributed by atoms with Gasteiger partial charge in [-0.25, -0.2) is 4.98 Å². The molecule has 0 bridgehead atoms. The van der Waals surface area contributed by atoms with Gasteiger partial charge in [-0.1, -0.05) is 50.2 Å². The monoisotopic (exact) mass is 1110 g/mol. The number of carbonyl (C=O) groups excluding carboxylic acids is 2. The summed E-state index contributed by atoms with van der Waals surface area (Å²) in [5.74, 6) is 2.09. The topological polar surface area (TPSA) is 212 Å². The molecule has 1 spiro atoms. The van der Waals surface area contributed by atoms with E-state index >= 15 is 0 Å². The van der Waals surface area contributed by atoms with Crippen molar-refractivity contribution < 1.29 is 33.8 Å². The largest absolute Gasteiger partial charge is 0.507 e. The van der Waals surface area contributed by atoms with Gasteiger partial charge in [0.25, 0.3) is 5.88 Å². The molecule has 4 atom stereocenters. The summed E-state index contributed by atoms with van der Waals surface area (Å²) in [6, 6.07) is 18.6. The van der Waals surface area contributed by atoms with Crippen molar-refractivity contribution in [3.05, 3.63) is 83.2 Å². The lowest BCUT2D eigenvalue weighted by Gasteiger charge is -2.49. The molecule has 0 unspecified atom stereocenters. The maximum absolute atomic E-state index is 14.3. The van der Waals surface area contributed by atoms with E-state index in [4.69, 9.17) is 19.7 Å². The van der Waals surface area contributed by atoms with Gasteiger partial charge in [-0.2, -0.15) is 0 Å². The van der Waals surface area contributed by atoms with Gasteiger partial charge >= 0.3 is 0 Å². The molecule has 1 aliphatic carbocycles. The number of aryl methyl sites for hydroxylation is 1. The third kappa shape index (κ3) is 12.8. The number of ether oxygens (including phenoxy) is 2. The van der Waals surface area contributed by atoms with E-state index in [2.05, 4.69) is 45.3 Å². The van der Waals surface area contributed by atoms with Crippen molar-refractivity contribution in [3.8, 4) is 33.3 Å². The zero-order valence-corrected chi connectivity index (χ0v) is 48.1. The smallest absolute Gasteiger partial charge is 0.254 e. The average molecular weight is 1110 g/mol. The maximum atomic E-state index is 14.3. The van der Waals surface area contributed by atoms with Crippen LogP contribution in [0, 0.1) is 30.6 Å². The van der Waals surface area contributed by atoms with Crippen molar-refractivity contribution in [3.63, 3.8) is 0 Å². The highest BCUT2D eigenvalue weighted by molar-refractivity contribution is 7.13. The highest BCUT2D eigenvalue weighted by Gasteiger charge is 2.45. The summed E-state index contributed by atoms with van der Waals surface area (Å²) in [5.41, 5.74) is 13.2. The maximum Gasteiger partial charge on any atom is 0.254 e. The molecule has 430 valence electrons. The molecule has 6 fully saturated rings. The van der Waals surface area contributed by atoms with Gasteiger partial charge in [-0.3, -0.25) is 14.5 Å². The van der Waals surface area contributed by atoms with E-state index in [-0.39, 0.29) is 48.1 Å². The van der Waals surface area contributed by atoms with E-state index in [1.54, 1.807) is 29.5 Å². The van der Waals surface area contributed by atoms with E-state index in [9.17, 15) is 19.8 Å². The minimum atomic E-state index is -0.807. The Morgan fingerprint density at radius 1 is 0.887 bits per heavy atom. The first-order valence-corrected chi connectivity index (χ1v) is 30.5. The third-order valence-corrected chi connectivity index (χ3v) is 19.6. The van der Waals surface area contributed by atoms with Gasteiger partial charge < -0.3 is 54.9 Å². The van der Waals surface area contributed by atoms with Gasteiger partial charge in [0.15, 0.2) is 11.6 Å². The summed E-state index contributed by atoms with van der Waals surface area (Å²) < 4.78 is 18.5. The zero-order chi connectivity index (χ0) is 55.5. The number of amides is 2. The number of anilines is 2. The summed E-state index contributed by atoms with van der Waals surface area (Å²) in [4.78, 5) is 45.5. The first-order chi connectivity index (χ1) is 38.7. The van der Waals surface area contributed by atoms with Crippen LogP contribution in [-0.4, -0.2) is 171 Å². The first-order valence-electron chi connectivity index (χ1n) is 29.6. The van der Waals surface area contributed by atoms with Gasteiger partial charge in [0, 0.05) is 69.9 Å². The number of phenolic OH excluding ortho intramolecular Hbond substituents is 1. The zero-order valence-electron chi connectivity index (χ0n) is 47.3. The number of para-hydroxylation sites is 1. The van der Waals surface area contributed by atoms with Crippen molar-refractivity contribution in [2.24, 2.45) is 23.7 Å². The van der Waals surface area contributed by atoms with Crippen LogP contribution < -0.4 is 20.7 Å². The fraction of sp³-hybridized carbons (Fsp3) is 0.607. The van der Waals surface area contributed by atoms with Crippen molar-refractivity contribution in [2.45, 2.75) is 128 Å². The number of aromatic hydroxyl groups is 1. The number of likely N-dealkylation sites (tertiary alicyclic amines) is 3. The molecule has 8 heterocycles. The molecule has 5 N–H and O–H groups in total. The second-order valence-corrected chi connectivity index (χ2v) is 25.3. The Labute approximate surface area is 475 Å². The quantitative estimate of drug-likeness (QED) is 0.0660. The third-order valence-electron chi connectivity index (χ3n) is 18.6. The molecular weight excluding hydrogens is 1030 g/mol. The molecule has 11 rings (SSSR count). The van der Waals surface area contributed by atoms with Crippen LogP contribution in [0.2, 0.25) is 0 Å². The molecule has 19 heteroatoms. The number of nitrogens with two attached hydrogens (primary N) is 1. The summed E-state index contributed by atoms with van der Waals surface area (Å²) in [6.45, 7) is 20.0. The van der Waals surface area contributed by atoms with Gasteiger partial charge in [0.1, 0.15) is 17.7 Å². The van der Waals surface area contributed by atoms with E-state index in [0.717, 1.165) is 117 Å². The van der Waals surface area contributed by atoms with E-state index in [1.807, 2.05) is 75.7 Å². The Morgan fingerprint density at radius 3 is 2.35 bits per heavy atom. The number of aliphatic hydroxyl groups excluding tert-OH is 1.